The van der Waals surface area contributed by atoms with Crippen molar-refractivity contribution in [1.82, 2.24) is 4.90 Å². The summed E-state index contributed by atoms with van der Waals surface area (Å²) in [6.07, 6.45) is 3.50. The van der Waals surface area contributed by atoms with Crippen molar-refractivity contribution in [2.75, 3.05) is 13.1 Å². The van der Waals surface area contributed by atoms with Gasteiger partial charge in [-0.1, -0.05) is 17.7 Å². The van der Waals surface area contributed by atoms with Crippen LogP contribution in [-0.4, -0.2) is 34.7 Å². The first-order valence-electron chi connectivity index (χ1n) is 6.49. The van der Waals surface area contributed by atoms with Crippen LogP contribution in [0.2, 0.25) is 5.02 Å². The average Bonchev–Trinajstić information content (AvgIpc) is 2.90. The predicted octanol–water partition coefficient (Wildman–Crippen LogP) is 2.62. The third-order valence-corrected chi connectivity index (χ3v) is 4.62. The average molecular weight is 270 g/mol. The Labute approximate surface area is 111 Å². The SMILES string of the molecule is OC1(Cc2ccc(Cl)c(F)c2)CCN2CCCC21. The molecular formula is C14H17ClFNO. The summed E-state index contributed by atoms with van der Waals surface area (Å²) in [5.74, 6) is -0.404. The van der Waals surface area contributed by atoms with Gasteiger partial charge in [0.2, 0.25) is 0 Å². The van der Waals surface area contributed by atoms with E-state index in [-0.39, 0.29) is 11.1 Å². The van der Waals surface area contributed by atoms with Crippen LogP contribution in [0, 0.1) is 5.82 Å². The molecule has 18 heavy (non-hydrogen) atoms. The number of hydrogen-bond acceptors (Lipinski definition) is 2. The monoisotopic (exact) mass is 269 g/mol. The maximum atomic E-state index is 13.4. The highest BCUT2D eigenvalue weighted by atomic mass is 35.5. The van der Waals surface area contributed by atoms with Crippen LogP contribution in [0.15, 0.2) is 18.2 Å². The van der Waals surface area contributed by atoms with Crippen molar-refractivity contribution in [3.63, 3.8) is 0 Å². The van der Waals surface area contributed by atoms with E-state index in [1.54, 1.807) is 12.1 Å². The fourth-order valence-corrected chi connectivity index (χ4v) is 3.53. The van der Waals surface area contributed by atoms with Gasteiger partial charge in [0.15, 0.2) is 0 Å². The van der Waals surface area contributed by atoms with Gasteiger partial charge in [0.25, 0.3) is 0 Å². The second-order valence-electron chi connectivity index (χ2n) is 5.47. The Balaban J connectivity index is 1.81. The molecule has 0 amide bonds. The van der Waals surface area contributed by atoms with E-state index < -0.39 is 11.4 Å². The molecule has 2 fully saturated rings. The molecule has 2 atom stereocenters. The van der Waals surface area contributed by atoms with Crippen LogP contribution in [0.5, 0.6) is 0 Å². The molecule has 1 aromatic rings. The molecule has 0 radical (unpaired) electrons. The number of nitrogens with zero attached hydrogens (tertiary/aromatic N) is 1. The molecular weight excluding hydrogens is 253 g/mol. The summed E-state index contributed by atoms with van der Waals surface area (Å²) in [4.78, 5) is 2.35. The molecule has 1 N–H and O–H groups in total. The second-order valence-corrected chi connectivity index (χ2v) is 5.88. The maximum absolute atomic E-state index is 13.4. The fourth-order valence-electron chi connectivity index (χ4n) is 3.42. The minimum absolute atomic E-state index is 0.139. The molecule has 2 aliphatic rings. The summed E-state index contributed by atoms with van der Waals surface area (Å²) >= 11 is 5.68. The van der Waals surface area contributed by atoms with Crippen molar-refractivity contribution >= 4 is 11.6 Å². The van der Waals surface area contributed by atoms with E-state index in [1.165, 1.54) is 6.07 Å². The summed E-state index contributed by atoms with van der Waals surface area (Å²) in [5.41, 5.74) is 0.129. The Hall–Kier alpha value is -0.640. The van der Waals surface area contributed by atoms with Crippen LogP contribution in [0.1, 0.15) is 24.8 Å². The van der Waals surface area contributed by atoms with Gasteiger partial charge in [-0.25, -0.2) is 4.39 Å². The first-order valence-corrected chi connectivity index (χ1v) is 6.87. The number of halogens is 2. The highest BCUT2D eigenvalue weighted by Crippen LogP contribution is 2.38. The molecule has 1 aromatic carbocycles. The van der Waals surface area contributed by atoms with Crippen LogP contribution in [0.3, 0.4) is 0 Å². The van der Waals surface area contributed by atoms with Crippen molar-refractivity contribution in [3.05, 3.63) is 34.6 Å². The molecule has 98 valence electrons. The molecule has 0 aromatic heterocycles. The molecule has 4 heteroatoms. The van der Waals surface area contributed by atoms with Gasteiger partial charge in [-0.15, -0.1) is 0 Å². The fraction of sp³-hybridized carbons (Fsp3) is 0.571. The zero-order chi connectivity index (χ0) is 12.8. The van der Waals surface area contributed by atoms with Gasteiger partial charge in [0, 0.05) is 19.0 Å². The lowest BCUT2D eigenvalue weighted by atomic mass is 9.86. The lowest BCUT2D eigenvalue weighted by Crippen LogP contribution is -2.43. The third-order valence-electron chi connectivity index (χ3n) is 4.31. The molecule has 2 nitrogen and oxygen atoms in total. The van der Waals surface area contributed by atoms with Crippen molar-refractivity contribution in [3.8, 4) is 0 Å². The molecule has 2 heterocycles. The van der Waals surface area contributed by atoms with Gasteiger partial charge in [0.05, 0.1) is 10.6 Å². The largest absolute Gasteiger partial charge is 0.388 e. The Bertz CT molecular complexity index is 467. The molecule has 3 rings (SSSR count). The summed E-state index contributed by atoms with van der Waals surface area (Å²) in [6.45, 7) is 2.04. The Kier molecular flexibility index (Phi) is 3.08. The number of aliphatic hydroxyl groups is 1. The van der Waals surface area contributed by atoms with E-state index in [0.29, 0.717) is 6.42 Å². The number of fused-ring (bicyclic) bond motifs is 1. The minimum Gasteiger partial charge on any atom is -0.388 e. The summed E-state index contributed by atoms with van der Waals surface area (Å²) in [7, 11) is 0. The minimum atomic E-state index is -0.698. The number of hydrogen-bond donors (Lipinski definition) is 1. The summed E-state index contributed by atoms with van der Waals surface area (Å²) in [6, 6.07) is 5.06. The van der Waals surface area contributed by atoms with E-state index in [1.807, 2.05) is 0 Å². The zero-order valence-electron chi connectivity index (χ0n) is 10.2. The molecule has 2 saturated heterocycles. The first-order chi connectivity index (χ1) is 8.58. The highest BCUT2D eigenvalue weighted by Gasteiger charge is 2.47. The van der Waals surface area contributed by atoms with Crippen molar-refractivity contribution < 1.29 is 9.50 Å². The quantitative estimate of drug-likeness (QED) is 0.892. The van der Waals surface area contributed by atoms with E-state index in [9.17, 15) is 9.50 Å². The Morgan fingerprint density at radius 1 is 1.44 bits per heavy atom. The smallest absolute Gasteiger partial charge is 0.142 e. The van der Waals surface area contributed by atoms with Crippen molar-refractivity contribution in [2.45, 2.75) is 37.3 Å². The predicted molar refractivity (Wildman–Crippen MR) is 69.3 cm³/mol. The maximum Gasteiger partial charge on any atom is 0.142 e. The lowest BCUT2D eigenvalue weighted by molar-refractivity contribution is 0.0140. The van der Waals surface area contributed by atoms with Crippen LogP contribution < -0.4 is 0 Å². The van der Waals surface area contributed by atoms with Gasteiger partial charge in [-0.05, 0) is 43.5 Å². The molecule has 2 unspecified atom stereocenters. The first kappa shape index (κ1) is 12.4. The standard InChI is InChI=1S/C14H17ClFNO/c15-11-4-3-10(8-12(11)16)9-14(18)5-7-17-6-1-2-13(14)17/h3-4,8,13,18H,1-2,5-7,9H2. The van der Waals surface area contributed by atoms with E-state index in [2.05, 4.69) is 4.90 Å². The molecule has 0 bridgehead atoms. The summed E-state index contributed by atoms with van der Waals surface area (Å²) in [5, 5.41) is 10.9. The Morgan fingerprint density at radius 3 is 3.06 bits per heavy atom. The molecule has 2 aliphatic heterocycles. The number of benzene rings is 1. The molecule has 0 aliphatic carbocycles. The normalized spacial score (nSPS) is 31.8. The van der Waals surface area contributed by atoms with Crippen LogP contribution in [0.4, 0.5) is 4.39 Å². The topological polar surface area (TPSA) is 23.5 Å². The van der Waals surface area contributed by atoms with E-state index in [0.717, 1.165) is 37.9 Å². The molecule has 0 saturated carbocycles. The van der Waals surface area contributed by atoms with Gasteiger partial charge in [0.1, 0.15) is 5.82 Å². The van der Waals surface area contributed by atoms with Crippen LogP contribution >= 0.6 is 11.6 Å². The van der Waals surface area contributed by atoms with Gasteiger partial charge in [-0.2, -0.15) is 0 Å². The highest BCUT2D eigenvalue weighted by molar-refractivity contribution is 6.30. The van der Waals surface area contributed by atoms with Crippen molar-refractivity contribution in [2.24, 2.45) is 0 Å². The zero-order valence-corrected chi connectivity index (χ0v) is 11.0. The van der Waals surface area contributed by atoms with Gasteiger partial charge < -0.3 is 5.11 Å². The van der Waals surface area contributed by atoms with Crippen molar-refractivity contribution in [1.29, 1.82) is 0 Å². The van der Waals surface area contributed by atoms with E-state index >= 15 is 0 Å². The third kappa shape index (κ3) is 2.04. The van der Waals surface area contributed by atoms with Crippen LogP contribution in [-0.2, 0) is 6.42 Å². The molecule has 0 spiro atoms. The summed E-state index contributed by atoms with van der Waals surface area (Å²) < 4.78 is 13.4. The van der Waals surface area contributed by atoms with Gasteiger partial charge >= 0.3 is 0 Å². The van der Waals surface area contributed by atoms with Crippen LogP contribution in [0.25, 0.3) is 0 Å². The second kappa shape index (κ2) is 4.48. The van der Waals surface area contributed by atoms with Gasteiger partial charge in [-0.3, -0.25) is 4.90 Å². The van der Waals surface area contributed by atoms with E-state index in [4.69, 9.17) is 11.6 Å². The lowest BCUT2D eigenvalue weighted by Gasteiger charge is -2.30. The number of rotatable bonds is 2. The Morgan fingerprint density at radius 2 is 2.28 bits per heavy atom.